The van der Waals surface area contributed by atoms with E-state index in [0.29, 0.717) is 0 Å². The fourth-order valence-electron chi connectivity index (χ4n) is 2.29. The quantitative estimate of drug-likeness (QED) is 0.592. The van der Waals surface area contributed by atoms with E-state index in [1.807, 2.05) is 13.8 Å². The van der Waals surface area contributed by atoms with Gasteiger partial charge in [-0.3, -0.25) is 4.79 Å². The predicted molar refractivity (Wildman–Crippen MR) is 86.8 cm³/mol. The first-order valence-electron chi connectivity index (χ1n) is 7.25. The Bertz CT molecular complexity index is 880. The zero-order chi connectivity index (χ0) is 17.1. The lowest BCUT2D eigenvalue weighted by atomic mass is 10.2. The van der Waals surface area contributed by atoms with Crippen LogP contribution in [0.2, 0.25) is 0 Å². The highest BCUT2D eigenvalue weighted by atomic mass is 19.1. The molecule has 1 N–H and O–H groups in total. The van der Waals surface area contributed by atoms with Gasteiger partial charge in [-0.1, -0.05) is 0 Å². The summed E-state index contributed by atoms with van der Waals surface area (Å²) in [6, 6.07) is 9.22. The third-order valence-electron chi connectivity index (χ3n) is 3.52. The van der Waals surface area contributed by atoms with Crippen LogP contribution in [0.5, 0.6) is 0 Å². The number of rotatable bonds is 4. The number of benzene rings is 1. The summed E-state index contributed by atoms with van der Waals surface area (Å²) < 4.78 is 19.7. The molecule has 7 heteroatoms. The summed E-state index contributed by atoms with van der Waals surface area (Å²) in [7, 11) is 0. The van der Waals surface area contributed by atoms with E-state index in [1.54, 1.807) is 28.9 Å². The second-order valence-corrected chi connectivity index (χ2v) is 5.15. The van der Waals surface area contributed by atoms with Crippen molar-refractivity contribution in [1.29, 1.82) is 0 Å². The average Bonchev–Trinajstić information content (AvgIpc) is 3.19. The van der Waals surface area contributed by atoms with Crippen LogP contribution in [-0.4, -0.2) is 21.9 Å². The maximum atomic E-state index is 13.0. The fraction of sp³-hybridized carbons (Fsp3) is 0.118. The molecule has 0 radical (unpaired) electrons. The Morgan fingerprint density at radius 2 is 2.04 bits per heavy atom. The lowest BCUT2D eigenvalue weighted by molar-refractivity contribution is 0.0927. The van der Waals surface area contributed by atoms with Crippen molar-refractivity contribution >= 4 is 12.1 Å². The number of carbonyl (C=O) groups excluding carboxylic acids is 1. The number of nitrogens with zero attached hydrogens (tertiary/aromatic N) is 3. The Hall–Kier alpha value is -3.22. The number of furan rings is 1. The maximum absolute atomic E-state index is 13.0. The molecule has 0 saturated heterocycles. The van der Waals surface area contributed by atoms with Crippen LogP contribution in [0.4, 0.5) is 4.39 Å². The molecule has 0 aliphatic carbocycles. The molecule has 0 aliphatic rings. The first kappa shape index (κ1) is 15.7. The number of aromatic nitrogens is 2. The zero-order valence-electron chi connectivity index (χ0n) is 13.2. The number of carbonyl (C=O) groups is 1. The molecule has 0 fully saturated rings. The van der Waals surface area contributed by atoms with E-state index in [-0.39, 0.29) is 11.6 Å². The van der Waals surface area contributed by atoms with Gasteiger partial charge in [-0.2, -0.15) is 10.2 Å². The Kier molecular flexibility index (Phi) is 4.24. The summed E-state index contributed by atoms with van der Waals surface area (Å²) in [5.41, 5.74) is 5.49. The minimum atomic E-state index is -0.433. The number of hydrogen-bond acceptors (Lipinski definition) is 4. The second kappa shape index (κ2) is 6.49. The van der Waals surface area contributed by atoms with Gasteiger partial charge < -0.3 is 4.42 Å². The largest absolute Gasteiger partial charge is 0.459 e. The molecule has 0 spiro atoms. The topological polar surface area (TPSA) is 72.4 Å². The average molecular weight is 326 g/mol. The summed E-state index contributed by atoms with van der Waals surface area (Å²) in [6.07, 6.45) is 2.94. The lowest BCUT2D eigenvalue weighted by Gasteiger charge is -2.04. The van der Waals surface area contributed by atoms with Crippen LogP contribution in [0.15, 0.2) is 52.2 Å². The van der Waals surface area contributed by atoms with Gasteiger partial charge in [-0.15, -0.1) is 0 Å². The molecule has 0 atom stereocenters. The standard InChI is InChI=1S/C17H15FN4O2/c1-11-15(10-19-20-17(23)16-4-3-9-24-16)12(2)22(21-11)14-7-5-13(18)6-8-14/h3-10H,1-2H3,(H,20,23)/b19-10-. The van der Waals surface area contributed by atoms with Crippen LogP contribution < -0.4 is 5.43 Å². The molecule has 122 valence electrons. The van der Waals surface area contributed by atoms with Crippen LogP contribution in [-0.2, 0) is 0 Å². The number of amides is 1. The van der Waals surface area contributed by atoms with Crippen molar-refractivity contribution in [1.82, 2.24) is 15.2 Å². The van der Waals surface area contributed by atoms with Gasteiger partial charge in [0.25, 0.3) is 0 Å². The SMILES string of the molecule is Cc1nn(-c2ccc(F)cc2)c(C)c1/C=N\NC(=O)c1ccco1. The minimum Gasteiger partial charge on any atom is -0.459 e. The molecular formula is C17H15FN4O2. The fourth-order valence-corrected chi connectivity index (χ4v) is 2.29. The molecule has 0 saturated carbocycles. The second-order valence-electron chi connectivity index (χ2n) is 5.15. The normalized spacial score (nSPS) is 11.1. The summed E-state index contributed by atoms with van der Waals surface area (Å²) in [4.78, 5) is 11.7. The van der Waals surface area contributed by atoms with Crippen molar-refractivity contribution in [3.05, 3.63) is 71.2 Å². The van der Waals surface area contributed by atoms with Crippen LogP contribution in [0.25, 0.3) is 5.69 Å². The summed E-state index contributed by atoms with van der Waals surface area (Å²) >= 11 is 0. The Morgan fingerprint density at radius 3 is 2.71 bits per heavy atom. The van der Waals surface area contributed by atoms with Crippen LogP contribution in [0, 0.1) is 19.7 Å². The summed E-state index contributed by atoms with van der Waals surface area (Å²) in [6.45, 7) is 3.71. The monoisotopic (exact) mass is 326 g/mol. The van der Waals surface area contributed by atoms with Crippen LogP contribution >= 0.6 is 0 Å². The van der Waals surface area contributed by atoms with Gasteiger partial charge in [0.2, 0.25) is 0 Å². The molecule has 1 aromatic carbocycles. The minimum absolute atomic E-state index is 0.183. The smallest absolute Gasteiger partial charge is 0.307 e. The molecule has 1 amide bonds. The molecule has 0 bridgehead atoms. The molecule has 6 nitrogen and oxygen atoms in total. The summed E-state index contributed by atoms with van der Waals surface area (Å²) in [5, 5.41) is 8.37. The molecule has 3 aromatic rings. The maximum Gasteiger partial charge on any atom is 0.307 e. The van der Waals surface area contributed by atoms with Gasteiger partial charge in [0.1, 0.15) is 5.82 Å². The van der Waals surface area contributed by atoms with E-state index >= 15 is 0 Å². The first-order chi connectivity index (χ1) is 11.6. The van der Waals surface area contributed by atoms with Crippen molar-refractivity contribution in [3.8, 4) is 5.69 Å². The molecule has 0 aliphatic heterocycles. The number of hydrazone groups is 1. The number of halogens is 1. The molecule has 24 heavy (non-hydrogen) atoms. The van der Waals surface area contributed by atoms with Crippen molar-refractivity contribution in [3.63, 3.8) is 0 Å². The van der Waals surface area contributed by atoms with Crippen LogP contribution in [0.3, 0.4) is 0 Å². The van der Waals surface area contributed by atoms with Gasteiger partial charge >= 0.3 is 5.91 Å². The highest BCUT2D eigenvalue weighted by Crippen LogP contribution is 2.16. The van der Waals surface area contributed by atoms with Crippen molar-refractivity contribution < 1.29 is 13.6 Å². The van der Waals surface area contributed by atoms with Crippen molar-refractivity contribution in [2.75, 3.05) is 0 Å². The van der Waals surface area contributed by atoms with Gasteiger partial charge in [0, 0.05) is 5.56 Å². The van der Waals surface area contributed by atoms with Gasteiger partial charge in [0.05, 0.1) is 29.6 Å². The molecule has 3 rings (SSSR count). The predicted octanol–water partition coefficient (Wildman–Crippen LogP) is 2.99. The number of aryl methyl sites for hydroxylation is 1. The van der Waals surface area contributed by atoms with Crippen molar-refractivity contribution in [2.24, 2.45) is 5.10 Å². The third-order valence-corrected chi connectivity index (χ3v) is 3.52. The van der Waals surface area contributed by atoms with E-state index < -0.39 is 5.91 Å². The third kappa shape index (κ3) is 3.10. The molecule has 2 aromatic heterocycles. The van der Waals surface area contributed by atoms with E-state index in [1.165, 1.54) is 24.6 Å². The van der Waals surface area contributed by atoms with Crippen LogP contribution in [0.1, 0.15) is 27.5 Å². The molecule has 2 heterocycles. The van der Waals surface area contributed by atoms with E-state index in [9.17, 15) is 9.18 Å². The Balaban J connectivity index is 1.80. The number of hydrogen-bond donors (Lipinski definition) is 1. The lowest BCUT2D eigenvalue weighted by Crippen LogP contribution is -2.16. The summed E-state index contributed by atoms with van der Waals surface area (Å²) in [5.74, 6) is -0.553. The van der Waals surface area contributed by atoms with E-state index in [4.69, 9.17) is 4.42 Å². The van der Waals surface area contributed by atoms with Gasteiger partial charge in [0.15, 0.2) is 5.76 Å². The van der Waals surface area contributed by atoms with Crippen molar-refractivity contribution in [2.45, 2.75) is 13.8 Å². The van der Waals surface area contributed by atoms with Gasteiger partial charge in [-0.05, 0) is 50.2 Å². The Labute approximate surface area is 137 Å². The van der Waals surface area contributed by atoms with Gasteiger partial charge in [-0.25, -0.2) is 14.5 Å². The highest BCUT2D eigenvalue weighted by Gasteiger charge is 2.12. The molecular weight excluding hydrogens is 311 g/mol. The zero-order valence-corrected chi connectivity index (χ0v) is 13.2. The Morgan fingerprint density at radius 1 is 1.29 bits per heavy atom. The molecule has 0 unspecified atom stereocenters. The first-order valence-corrected chi connectivity index (χ1v) is 7.25. The van der Waals surface area contributed by atoms with E-state index in [0.717, 1.165) is 22.6 Å². The number of nitrogens with one attached hydrogen (secondary N) is 1. The van der Waals surface area contributed by atoms with E-state index in [2.05, 4.69) is 15.6 Å². The highest BCUT2D eigenvalue weighted by molar-refractivity contribution is 5.92.